The smallest absolute Gasteiger partial charge is 0.405 e. The Balaban J connectivity index is 2.78. The first-order chi connectivity index (χ1) is 6.13. The van der Waals surface area contributed by atoms with Crippen LogP contribution in [0.4, 0.5) is 4.79 Å². The number of aldehydes is 1. The van der Waals surface area contributed by atoms with Gasteiger partial charge in [-0.15, -0.1) is 11.3 Å². The van der Waals surface area contributed by atoms with Crippen molar-refractivity contribution in [3.63, 3.8) is 0 Å². The van der Waals surface area contributed by atoms with E-state index in [0.29, 0.717) is 15.5 Å². The second-order valence-electron chi connectivity index (χ2n) is 2.21. The highest BCUT2D eigenvalue weighted by atomic mass is 35.5. The fraction of sp³-hybridized carbons (Fsp3) is 0.143. The SMILES string of the molecule is O=CC(NC(=O)O)c1ccc(Cl)s1. The molecule has 1 heterocycles. The van der Waals surface area contributed by atoms with Gasteiger partial charge < -0.3 is 15.2 Å². The third kappa shape index (κ3) is 2.71. The average Bonchev–Trinajstić information content (AvgIpc) is 2.47. The molecule has 2 N–H and O–H groups in total. The molecule has 1 rings (SSSR count). The van der Waals surface area contributed by atoms with Crippen molar-refractivity contribution in [2.75, 3.05) is 0 Å². The van der Waals surface area contributed by atoms with E-state index in [-0.39, 0.29) is 0 Å². The van der Waals surface area contributed by atoms with Crippen molar-refractivity contribution < 1.29 is 14.7 Å². The van der Waals surface area contributed by atoms with Crippen LogP contribution in [0.2, 0.25) is 4.34 Å². The summed E-state index contributed by atoms with van der Waals surface area (Å²) < 4.78 is 0.522. The van der Waals surface area contributed by atoms with Crippen molar-refractivity contribution in [3.8, 4) is 0 Å². The molecule has 0 bridgehead atoms. The lowest BCUT2D eigenvalue weighted by atomic mass is 10.3. The molecule has 0 aliphatic rings. The van der Waals surface area contributed by atoms with E-state index in [9.17, 15) is 9.59 Å². The van der Waals surface area contributed by atoms with Gasteiger partial charge in [0.1, 0.15) is 12.3 Å². The molecule has 0 aromatic carbocycles. The minimum Gasteiger partial charge on any atom is -0.465 e. The molecule has 1 aromatic rings. The average molecular weight is 220 g/mol. The zero-order chi connectivity index (χ0) is 9.84. The Morgan fingerprint density at radius 3 is 2.77 bits per heavy atom. The number of nitrogens with one attached hydrogen (secondary N) is 1. The minimum absolute atomic E-state index is 0.522. The summed E-state index contributed by atoms with van der Waals surface area (Å²) in [6.45, 7) is 0. The zero-order valence-corrected chi connectivity index (χ0v) is 7.93. The second-order valence-corrected chi connectivity index (χ2v) is 3.95. The molecule has 13 heavy (non-hydrogen) atoms. The summed E-state index contributed by atoms with van der Waals surface area (Å²) in [6, 6.07) is 2.40. The fourth-order valence-electron chi connectivity index (χ4n) is 0.801. The molecule has 1 atom stereocenters. The summed E-state index contributed by atoms with van der Waals surface area (Å²) in [7, 11) is 0. The Bertz CT molecular complexity index is 325. The standard InChI is InChI=1S/C7H6ClNO3S/c8-6-2-1-5(13-6)4(3-10)9-7(11)12/h1-4,9H,(H,11,12). The van der Waals surface area contributed by atoms with Gasteiger partial charge in [0.05, 0.1) is 4.34 Å². The predicted molar refractivity (Wildman–Crippen MR) is 49.3 cm³/mol. The van der Waals surface area contributed by atoms with Crippen LogP contribution >= 0.6 is 22.9 Å². The van der Waals surface area contributed by atoms with Crippen LogP contribution in [0.25, 0.3) is 0 Å². The van der Waals surface area contributed by atoms with Crippen molar-refractivity contribution in [2.24, 2.45) is 0 Å². The number of halogens is 1. The summed E-state index contributed by atoms with van der Waals surface area (Å²) in [4.78, 5) is 21.3. The molecule has 1 unspecified atom stereocenters. The maximum atomic E-state index is 10.5. The normalized spacial score (nSPS) is 12.1. The van der Waals surface area contributed by atoms with E-state index in [1.165, 1.54) is 11.3 Å². The fourth-order valence-corrected chi connectivity index (χ4v) is 1.87. The molecular formula is C7H6ClNO3S. The maximum Gasteiger partial charge on any atom is 0.405 e. The topological polar surface area (TPSA) is 66.4 Å². The van der Waals surface area contributed by atoms with Gasteiger partial charge in [-0.25, -0.2) is 4.79 Å². The van der Waals surface area contributed by atoms with Crippen molar-refractivity contribution in [1.82, 2.24) is 5.32 Å². The molecule has 0 saturated heterocycles. The highest BCUT2D eigenvalue weighted by Crippen LogP contribution is 2.25. The minimum atomic E-state index is -1.23. The summed E-state index contributed by atoms with van der Waals surface area (Å²) >= 11 is 6.80. The van der Waals surface area contributed by atoms with Crippen LogP contribution in [-0.4, -0.2) is 17.5 Å². The highest BCUT2D eigenvalue weighted by Gasteiger charge is 2.14. The number of hydrogen-bond acceptors (Lipinski definition) is 3. The lowest BCUT2D eigenvalue weighted by Gasteiger charge is -2.06. The van der Waals surface area contributed by atoms with Crippen LogP contribution in [0, 0.1) is 0 Å². The molecule has 0 aliphatic carbocycles. The van der Waals surface area contributed by atoms with Crippen LogP contribution in [0.3, 0.4) is 0 Å². The molecule has 0 radical (unpaired) electrons. The summed E-state index contributed by atoms with van der Waals surface area (Å²) in [5.74, 6) is 0. The Kier molecular flexibility index (Phi) is 3.27. The Morgan fingerprint density at radius 1 is 1.69 bits per heavy atom. The number of carbonyl (C=O) groups is 2. The number of carboxylic acid groups (broad SMARTS) is 1. The Morgan fingerprint density at radius 2 is 2.38 bits per heavy atom. The molecule has 0 aliphatic heterocycles. The Labute approximate surface area is 83.1 Å². The second kappa shape index (κ2) is 4.25. The van der Waals surface area contributed by atoms with E-state index < -0.39 is 12.1 Å². The Hall–Kier alpha value is -1.07. The number of thiophene rings is 1. The van der Waals surface area contributed by atoms with E-state index in [4.69, 9.17) is 16.7 Å². The van der Waals surface area contributed by atoms with Crippen LogP contribution < -0.4 is 5.32 Å². The number of carbonyl (C=O) groups excluding carboxylic acids is 1. The van der Waals surface area contributed by atoms with Crippen molar-refractivity contribution in [2.45, 2.75) is 6.04 Å². The van der Waals surface area contributed by atoms with Gasteiger partial charge in [-0.2, -0.15) is 0 Å². The van der Waals surface area contributed by atoms with Crippen molar-refractivity contribution in [3.05, 3.63) is 21.3 Å². The van der Waals surface area contributed by atoms with E-state index >= 15 is 0 Å². The third-order valence-corrected chi connectivity index (χ3v) is 2.63. The van der Waals surface area contributed by atoms with Gasteiger partial charge in [-0.05, 0) is 12.1 Å². The highest BCUT2D eigenvalue weighted by molar-refractivity contribution is 7.16. The zero-order valence-electron chi connectivity index (χ0n) is 6.36. The first-order valence-electron chi connectivity index (χ1n) is 3.33. The molecule has 1 aromatic heterocycles. The van der Waals surface area contributed by atoms with E-state index in [0.717, 1.165) is 0 Å². The quantitative estimate of drug-likeness (QED) is 0.764. The number of rotatable bonds is 3. The summed E-state index contributed by atoms with van der Waals surface area (Å²) in [6.07, 6.45) is -0.711. The van der Waals surface area contributed by atoms with E-state index in [2.05, 4.69) is 5.32 Å². The van der Waals surface area contributed by atoms with Gasteiger partial charge >= 0.3 is 6.09 Å². The lowest BCUT2D eigenvalue weighted by molar-refractivity contribution is -0.109. The van der Waals surface area contributed by atoms with Gasteiger partial charge in [0.25, 0.3) is 0 Å². The lowest BCUT2D eigenvalue weighted by Crippen LogP contribution is -2.26. The molecular weight excluding hydrogens is 214 g/mol. The van der Waals surface area contributed by atoms with Crippen molar-refractivity contribution in [1.29, 1.82) is 0 Å². The first-order valence-corrected chi connectivity index (χ1v) is 4.53. The summed E-state index contributed by atoms with van der Waals surface area (Å²) in [5, 5.41) is 10.4. The maximum absolute atomic E-state index is 10.5. The number of amides is 1. The van der Waals surface area contributed by atoms with Crippen LogP contribution in [-0.2, 0) is 4.79 Å². The monoisotopic (exact) mass is 219 g/mol. The van der Waals surface area contributed by atoms with Gasteiger partial charge in [0.2, 0.25) is 0 Å². The van der Waals surface area contributed by atoms with Gasteiger partial charge in [0.15, 0.2) is 0 Å². The van der Waals surface area contributed by atoms with Gasteiger partial charge in [-0.1, -0.05) is 11.6 Å². The van der Waals surface area contributed by atoms with Crippen LogP contribution in [0.5, 0.6) is 0 Å². The predicted octanol–water partition coefficient (Wildman–Crippen LogP) is 1.91. The van der Waals surface area contributed by atoms with E-state index in [1.807, 2.05) is 0 Å². The molecule has 6 heteroatoms. The molecule has 4 nitrogen and oxygen atoms in total. The molecule has 1 amide bonds. The molecule has 70 valence electrons. The molecule has 0 saturated carbocycles. The largest absolute Gasteiger partial charge is 0.465 e. The van der Waals surface area contributed by atoms with Gasteiger partial charge in [0, 0.05) is 4.88 Å². The summed E-state index contributed by atoms with van der Waals surface area (Å²) in [5.41, 5.74) is 0. The van der Waals surface area contributed by atoms with E-state index in [1.54, 1.807) is 12.1 Å². The van der Waals surface area contributed by atoms with Crippen LogP contribution in [0.1, 0.15) is 10.9 Å². The first kappa shape index (κ1) is 10.0. The van der Waals surface area contributed by atoms with Gasteiger partial charge in [-0.3, -0.25) is 0 Å². The van der Waals surface area contributed by atoms with Crippen molar-refractivity contribution >= 4 is 35.3 Å². The number of hydrogen-bond donors (Lipinski definition) is 2. The molecule has 0 fully saturated rings. The third-order valence-electron chi connectivity index (χ3n) is 1.32. The molecule has 0 spiro atoms. The van der Waals surface area contributed by atoms with Crippen LogP contribution in [0.15, 0.2) is 12.1 Å².